The number of halogens is 1. The lowest BCUT2D eigenvalue weighted by Gasteiger charge is -2.18. The molecular weight excluding hydrogens is 576 g/mol. The highest BCUT2D eigenvalue weighted by Gasteiger charge is 2.36. The number of hydrogen-bond donors (Lipinski definition) is 4. The molecule has 1 atom stereocenters. The van der Waals surface area contributed by atoms with Crippen LogP contribution in [0.4, 0.5) is 11.4 Å². The Labute approximate surface area is 250 Å². The summed E-state index contributed by atoms with van der Waals surface area (Å²) in [6.45, 7) is 1.23. The highest BCUT2D eigenvalue weighted by molar-refractivity contribution is 6.19. The number of carbonyl (C=O) groups excluding carboxylic acids is 2. The number of rotatable bonds is 10. The number of anilines is 2. The molecule has 3 heterocycles. The minimum Gasteiger partial charge on any atom is -0.507 e. The highest BCUT2D eigenvalue weighted by Crippen LogP contribution is 2.48. The van der Waals surface area contributed by atoms with E-state index in [9.17, 15) is 14.7 Å². The number of alkyl halides is 1. The Kier molecular flexibility index (Phi) is 7.89. The molecule has 43 heavy (non-hydrogen) atoms. The van der Waals surface area contributed by atoms with Crippen molar-refractivity contribution in [1.29, 1.82) is 0 Å². The molecule has 6 rings (SSSR count). The van der Waals surface area contributed by atoms with Crippen LogP contribution in [0.3, 0.4) is 0 Å². The van der Waals surface area contributed by atoms with Crippen molar-refractivity contribution in [3.63, 3.8) is 0 Å². The van der Waals surface area contributed by atoms with Crippen LogP contribution in [0.15, 0.2) is 54.7 Å². The molecule has 12 nitrogen and oxygen atoms in total. The third-order valence-electron chi connectivity index (χ3n) is 7.45. The van der Waals surface area contributed by atoms with Gasteiger partial charge in [0.25, 0.3) is 11.8 Å². The summed E-state index contributed by atoms with van der Waals surface area (Å²) in [6, 6.07) is 14.0. The molecule has 0 saturated carbocycles. The van der Waals surface area contributed by atoms with Crippen LogP contribution < -0.4 is 15.0 Å². The Hall–Kier alpha value is -4.65. The van der Waals surface area contributed by atoms with Gasteiger partial charge in [0.2, 0.25) is 0 Å². The van der Waals surface area contributed by atoms with Crippen molar-refractivity contribution in [3.05, 3.63) is 71.7 Å². The van der Waals surface area contributed by atoms with Crippen LogP contribution in [0.1, 0.15) is 32.5 Å². The van der Waals surface area contributed by atoms with Crippen LogP contribution in [0.5, 0.6) is 11.5 Å². The van der Waals surface area contributed by atoms with Crippen LogP contribution in [0, 0.1) is 0 Å². The molecule has 0 saturated heterocycles. The molecular formula is C30H29ClN6O6. The van der Waals surface area contributed by atoms with E-state index in [4.69, 9.17) is 26.2 Å². The van der Waals surface area contributed by atoms with Gasteiger partial charge in [-0.3, -0.25) is 9.59 Å². The van der Waals surface area contributed by atoms with Gasteiger partial charge in [0.1, 0.15) is 17.2 Å². The number of carbonyl (C=O) groups is 2. The molecule has 0 fully saturated rings. The van der Waals surface area contributed by atoms with Crippen molar-refractivity contribution in [1.82, 2.24) is 20.0 Å². The zero-order valence-electron chi connectivity index (χ0n) is 23.2. The van der Waals surface area contributed by atoms with Gasteiger partial charge < -0.3 is 34.9 Å². The van der Waals surface area contributed by atoms with Gasteiger partial charge in [-0.15, -0.1) is 16.7 Å². The number of methoxy groups -OCH3 is 1. The monoisotopic (exact) mass is 604 g/mol. The van der Waals surface area contributed by atoms with Crippen LogP contribution in [0.2, 0.25) is 0 Å². The SMILES string of the molecule is COc1cccc2c(O)cc3c(c12)C(CCl)CN3C(=O)c1cc2cc(NC(=O)c3cn(CCOCCO)nn3)ccc2[nH]1. The number of aromatic hydroxyl groups is 1. The maximum Gasteiger partial charge on any atom is 0.277 e. The number of aromatic amines is 1. The number of phenolic OH excluding ortho intramolecular Hbond substituents is 1. The molecule has 1 aliphatic heterocycles. The zero-order valence-corrected chi connectivity index (χ0v) is 24.0. The molecule has 2 aromatic heterocycles. The lowest BCUT2D eigenvalue weighted by molar-refractivity contribution is 0.0851. The number of amides is 2. The first-order chi connectivity index (χ1) is 20.9. The maximum absolute atomic E-state index is 13.8. The predicted octanol–water partition coefficient (Wildman–Crippen LogP) is 3.87. The third kappa shape index (κ3) is 5.36. The number of aliphatic hydroxyl groups is 1. The number of hydrogen-bond acceptors (Lipinski definition) is 8. The second kappa shape index (κ2) is 11.9. The molecule has 0 spiro atoms. The maximum atomic E-state index is 13.8. The van der Waals surface area contributed by atoms with E-state index >= 15 is 0 Å². The number of ether oxygens (including phenoxy) is 2. The number of aliphatic hydroxyl groups excluding tert-OH is 1. The van der Waals surface area contributed by atoms with E-state index in [-0.39, 0.29) is 42.4 Å². The smallest absolute Gasteiger partial charge is 0.277 e. The van der Waals surface area contributed by atoms with E-state index in [1.165, 1.54) is 10.9 Å². The third-order valence-corrected chi connectivity index (χ3v) is 7.83. The average Bonchev–Trinajstić information content (AvgIpc) is 3.75. The Morgan fingerprint density at radius 2 is 2.05 bits per heavy atom. The topological polar surface area (TPSA) is 155 Å². The summed E-state index contributed by atoms with van der Waals surface area (Å²) in [5.74, 6) is 0.0742. The van der Waals surface area contributed by atoms with Crippen molar-refractivity contribution in [2.24, 2.45) is 0 Å². The van der Waals surface area contributed by atoms with E-state index in [0.29, 0.717) is 53.4 Å². The Morgan fingerprint density at radius 3 is 2.84 bits per heavy atom. The van der Waals surface area contributed by atoms with E-state index in [1.54, 1.807) is 42.3 Å². The summed E-state index contributed by atoms with van der Waals surface area (Å²) in [4.78, 5) is 31.4. The van der Waals surface area contributed by atoms with E-state index in [1.807, 2.05) is 18.2 Å². The summed E-state index contributed by atoms with van der Waals surface area (Å²) in [5.41, 5.74) is 3.18. The minimum atomic E-state index is -0.433. The lowest BCUT2D eigenvalue weighted by Crippen LogP contribution is -2.30. The van der Waals surface area contributed by atoms with Gasteiger partial charge in [0, 0.05) is 51.8 Å². The Balaban J connectivity index is 1.23. The average molecular weight is 605 g/mol. The van der Waals surface area contributed by atoms with E-state index in [2.05, 4.69) is 20.6 Å². The van der Waals surface area contributed by atoms with Crippen LogP contribution in [-0.4, -0.2) is 81.4 Å². The van der Waals surface area contributed by atoms with Gasteiger partial charge >= 0.3 is 0 Å². The number of benzene rings is 3. The minimum absolute atomic E-state index is 0.0489. The Morgan fingerprint density at radius 1 is 1.19 bits per heavy atom. The van der Waals surface area contributed by atoms with Gasteiger partial charge in [-0.1, -0.05) is 17.3 Å². The number of aromatic nitrogens is 4. The van der Waals surface area contributed by atoms with Gasteiger partial charge in [0.05, 0.1) is 45.4 Å². The van der Waals surface area contributed by atoms with Crippen molar-refractivity contribution in [2.45, 2.75) is 12.5 Å². The van der Waals surface area contributed by atoms with Crippen molar-refractivity contribution < 1.29 is 29.3 Å². The zero-order chi connectivity index (χ0) is 30.1. The Bertz CT molecular complexity index is 1840. The summed E-state index contributed by atoms with van der Waals surface area (Å²) in [5, 5.41) is 32.4. The van der Waals surface area contributed by atoms with E-state index in [0.717, 1.165) is 16.3 Å². The summed E-state index contributed by atoms with van der Waals surface area (Å²) >= 11 is 6.38. The lowest BCUT2D eigenvalue weighted by atomic mass is 9.94. The van der Waals surface area contributed by atoms with Crippen LogP contribution >= 0.6 is 11.6 Å². The predicted molar refractivity (Wildman–Crippen MR) is 161 cm³/mol. The largest absolute Gasteiger partial charge is 0.507 e. The molecule has 222 valence electrons. The van der Waals surface area contributed by atoms with Gasteiger partial charge in [-0.25, -0.2) is 4.68 Å². The fraction of sp³-hybridized carbons (Fsp3) is 0.267. The fourth-order valence-corrected chi connectivity index (χ4v) is 5.72. The first kappa shape index (κ1) is 28.5. The standard InChI is InChI=1S/C30H29ClN6O6/c1-42-26-4-2-3-20-25(39)13-24-27(28(20)26)18(14-31)15-37(24)30(41)22-12-17-11-19(5-6-21(17)33-22)32-29(40)23-16-36(35-34-23)7-9-43-10-8-38/h2-6,11-13,16,18,33,38-39H,7-10,14-15H2,1H3,(H,32,40). The number of fused-ring (bicyclic) bond motifs is 4. The van der Waals surface area contributed by atoms with Crippen LogP contribution in [0.25, 0.3) is 21.7 Å². The summed E-state index contributed by atoms with van der Waals surface area (Å²) in [7, 11) is 1.57. The van der Waals surface area contributed by atoms with Crippen molar-refractivity contribution in [3.8, 4) is 11.5 Å². The molecule has 0 radical (unpaired) electrons. The number of nitrogens with one attached hydrogen (secondary N) is 2. The normalized spacial score (nSPS) is 14.4. The fourth-order valence-electron chi connectivity index (χ4n) is 5.47. The molecule has 2 amide bonds. The highest BCUT2D eigenvalue weighted by atomic mass is 35.5. The van der Waals surface area contributed by atoms with Gasteiger partial charge in [-0.2, -0.15) is 0 Å². The summed E-state index contributed by atoms with van der Waals surface area (Å²) in [6.07, 6.45) is 1.52. The molecule has 1 aliphatic rings. The second-order valence-electron chi connectivity index (χ2n) is 10.1. The molecule has 3 aromatic carbocycles. The number of H-pyrrole nitrogens is 1. The van der Waals surface area contributed by atoms with Crippen LogP contribution in [-0.2, 0) is 11.3 Å². The molecule has 13 heteroatoms. The quantitative estimate of drug-likeness (QED) is 0.138. The molecule has 5 aromatic rings. The number of nitrogens with zero attached hydrogens (tertiary/aromatic N) is 4. The summed E-state index contributed by atoms with van der Waals surface area (Å²) < 4.78 is 12.3. The first-order valence-electron chi connectivity index (χ1n) is 13.6. The van der Waals surface area contributed by atoms with E-state index < -0.39 is 5.91 Å². The second-order valence-corrected chi connectivity index (χ2v) is 10.4. The first-order valence-corrected chi connectivity index (χ1v) is 14.2. The molecule has 0 aliphatic carbocycles. The molecule has 0 bridgehead atoms. The van der Waals surface area contributed by atoms with Crippen molar-refractivity contribution in [2.75, 3.05) is 49.6 Å². The molecule has 1 unspecified atom stereocenters. The number of phenols is 1. The molecule has 4 N–H and O–H groups in total. The van der Waals surface area contributed by atoms with Crippen molar-refractivity contribution >= 4 is 56.5 Å². The van der Waals surface area contributed by atoms with Gasteiger partial charge in [0.15, 0.2) is 5.69 Å². The van der Waals surface area contributed by atoms with Gasteiger partial charge in [-0.05, 0) is 35.9 Å².